The van der Waals surface area contributed by atoms with Crippen molar-refractivity contribution in [2.45, 2.75) is 6.42 Å². The molecule has 0 radical (unpaired) electrons. The minimum absolute atomic E-state index is 0.169. The molecule has 0 fully saturated rings. The molecule has 0 saturated carbocycles. The first-order valence-corrected chi connectivity index (χ1v) is 4.20. The second-order valence-corrected chi connectivity index (χ2v) is 3.51. The standard InChI is InChI=1S/C6H4ClN3OS/c7-4-3-9-6(12-4)10-5(11)1-2-8/h3H,1H2,(H,9,10,11). The van der Waals surface area contributed by atoms with Crippen LogP contribution in [0.3, 0.4) is 0 Å². The number of nitrogens with zero attached hydrogens (tertiary/aromatic N) is 2. The lowest BCUT2D eigenvalue weighted by Crippen LogP contribution is -2.09. The molecule has 1 amide bonds. The number of carbonyl (C=O) groups excluding carboxylic acids is 1. The van der Waals surface area contributed by atoms with Crippen LogP contribution in [0.5, 0.6) is 0 Å². The highest BCUT2D eigenvalue weighted by Crippen LogP contribution is 2.22. The van der Waals surface area contributed by atoms with Crippen molar-refractivity contribution in [3.63, 3.8) is 0 Å². The normalized spacial score (nSPS) is 9.00. The summed E-state index contributed by atoms with van der Waals surface area (Å²) in [5.74, 6) is -0.372. The van der Waals surface area contributed by atoms with E-state index in [-0.39, 0.29) is 12.3 Å². The number of aromatic nitrogens is 1. The van der Waals surface area contributed by atoms with E-state index >= 15 is 0 Å². The largest absolute Gasteiger partial charge is 0.301 e. The molecule has 1 aromatic rings. The molecule has 0 atom stereocenters. The van der Waals surface area contributed by atoms with Crippen molar-refractivity contribution in [3.05, 3.63) is 10.5 Å². The van der Waals surface area contributed by atoms with Crippen LogP contribution < -0.4 is 5.32 Å². The number of nitriles is 1. The van der Waals surface area contributed by atoms with E-state index in [9.17, 15) is 4.79 Å². The van der Waals surface area contributed by atoms with Crippen LogP contribution in [0.4, 0.5) is 5.13 Å². The minimum atomic E-state index is -0.372. The number of rotatable bonds is 2. The van der Waals surface area contributed by atoms with Crippen molar-refractivity contribution >= 4 is 34.0 Å². The quantitative estimate of drug-likeness (QED) is 0.791. The summed E-state index contributed by atoms with van der Waals surface area (Å²) < 4.78 is 0.502. The zero-order chi connectivity index (χ0) is 8.97. The number of hydrogen-bond donors (Lipinski definition) is 1. The summed E-state index contributed by atoms with van der Waals surface area (Å²) in [5.41, 5.74) is 0. The Morgan fingerprint density at radius 1 is 1.92 bits per heavy atom. The Bertz CT molecular complexity index is 330. The summed E-state index contributed by atoms with van der Waals surface area (Å²) >= 11 is 6.72. The summed E-state index contributed by atoms with van der Waals surface area (Å²) in [6, 6.07) is 1.73. The second kappa shape index (κ2) is 4.04. The van der Waals surface area contributed by atoms with Crippen molar-refractivity contribution in [2.75, 3.05) is 5.32 Å². The SMILES string of the molecule is N#CCC(=O)Nc1ncc(Cl)s1. The summed E-state index contributed by atoms with van der Waals surface area (Å²) in [5, 5.41) is 11.0. The van der Waals surface area contributed by atoms with Gasteiger partial charge in [0.15, 0.2) is 5.13 Å². The van der Waals surface area contributed by atoms with Gasteiger partial charge in [0.1, 0.15) is 10.8 Å². The number of halogens is 1. The first-order chi connectivity index (χ1) is 5.72. The van der Waals surface area contributed by atoms with Crippen LogP contribution in [0.1, 0.15) is 6.42 Å². The zero-order valence-electron chi connectivity index (χ0n) is 5.87. The molecule has 0 unspecified atom stereocenters. The molecular weight excluding hydrogens is 198 g/mol. The molecule has 12 heavy (non-hydrogen) atoms. The molecule has 62 valence electrons. The van der Waals surface area contributed by atoms with Crippen LogP contribution in [0.25, 0.3) is 0 Å². The second-order valence-electron chi connectivity index (χ2n) is 1.85. The Hall–Kier alpha value is -1.12. The number of carbonyl (C=O) groups is 1. The third-order valence-corrected chi connectivity index (χ3v) is 1.99. The van der Waals surface area contributed by atoms with E-state index in [4.69, 9.17) is 16.9 Å². The topological polar surface area (TPSA) is 65.8 Å². The summed E-state index contributed by atoms with van der Waals surface area (Å²) in [6.45, 7) is 0. The van der Waals surface area contributed by atoms with Crippen LogP contribution in [-0.4, -0.2) is 10.9 Å². The Morgan fingerprint density at radius 3 is 3.17 bits per heavy atom. The van der Waals surface area contributed by atoms with E-state index in [1.807, 2.05) is 0 Å². The van der Waals surface area contributed by atoms with Gasteiger partial charge in [-0.3, -0.25) is 4.79 Å². The minimum Gasteiger partial charge on any atom is -0.301 e. The lowest BCUT2D eigenvalue weighted by atomic mass is 10.4. The van der Waals surface area contributed by atoms with Crippen molar-refractivity contribution in [1.82, 2.24) is 4.98 Å². The number of nitrogens with one attached hydrogen (secondary N) is 1. The summed E-state index contributed by atoms with van der Waals surface area (Å²) in [6.07, 6.45) is 1.27. The summed E-state index contributed by atoms with van der Waals surface area (Å²) in [4.78, 5) is 14.6. The lowest BCUT2D eigenvalue weighted by Gasteiger charge is -1.93. The van der Waals surface area contributed by atoms with Gasteiger partial charge in [0.05, 0.1) is 12.3 Å². The highest BCUT2D eigenvalue weighted by Gasteiger charge is 2.03. The van der Waals surface area contributed by atoms with E-state index in [0.29, 0.717) is 9.47 Å². The Kier molecular flexibility index (Phi) is 3.02. The molecule has 1 rings (SSSR count). The van der Waals surface area contributed by atoms with E-state index < -0.39 is 0 Å². The van der Waals surface area contributed by atoms with E-state index in [2.05, 4.69) is 10.3 Å². The maximum absolute atomic E-state index is 10.8. The molecule has 0 aromatic carbocycles. The molecule has 4 nitrogen and oxygen atoms in total. The van der Waals surface area contributed by atoms with Gasteiger partial charge >= 0.3 is 0 Å². The highest BCUT2D eigenvalue weighted by atomic mass is 35.5. The van der Waals surface area contributed by atoms with Gasteiger partial charge in [-0.25, -0.2) is 4.98 Å². The van der Waals surface area contributed by atoms with Gasteiger partial charge in [-0.15, -0.1) is 0 Å². The molecule has 6 heteroatoms. The van der Waals surface area contributed by atoms with Gasteiger partial charge in [-0.05, 0) is 0 Å². The molecule has 0 spiro atoms. The molecule has 0 aliphatic carbocycles. The molecule has 0 saturated heterocycles. The number of anilines is 1. The Balaban J connectivity index is 2.53. The van der Waals surface area contributed by atoms with Gasteiger partial charge in [0.25, 0.3) is 0 Å². The van der Waals surface area contributed by atoms with Crippen molar-refractivity contribution in [3.8, 4) is 6.07 Å². The molecular formula is C6H4ClN3OS. The lowest BCUT2D eigenvalue weighted by molar-refractivity contribution is -0.115. The van der Waals surface area contributed by atoms with Gasteiger partial charge in [0.2, 0.25) is 5.91 Å². The molecule has 0 aliphatic heterocycles. The molecule has 1 aromatic heterocycles. The Morgan fingerprint density at radius 2 is 2.67 bits per heavy atom. The average Bonchev–Trinajstić information content (AvgIpc) is 2.36. The molecule has 1 heterocycles. The van der Waals surface area contributed by atoms with Gasteiger partial charge < -0.3 is 5.32 Å². The van der Waals surface area contributed by atoms with Crippen molar-refractivity contribution in [2.24, 2.45) is 0 Å². The molecule has 1 N–H and O–H groups in total. The monoisotopic (exact) mass is 201 g/mol. The fourth-order valence-electron chi connectivity index (χ4n) is 0.547. The zero-order valence-corrected chi connectivity index (χ0v) is 7.45. The third kappa shape index (κ3) is 2.49. The molecule has 0 bridgehead atoms. The van der Waals surface area contributed by atoms with Crippen LogP contribution in [0.2, 0.25) is 4.34 Å². The third-order valence-electron chi connectivity index (χ3n) is 0.963. The maximum atomic E-state index is 10.8. The van der Waals surface area contributed by atoms with Gasteiger partial charge in [-0.1, -0.05) is 22.9 Å². The molecule has 0 aliphatic rings. The van der Waals surface area contributed by atoms with Gasteiger partial charge in [-0.2, -0.15) is 5.26 Å². The van der Waals surface area contributed by atoms with Gasteiger partial charge in [0, 0.05) is 0 Å². The van der Waals surface area contributed by atoms with Crippen molar-refractivity contribution in [1.29, 1.82) is 5.26 Å². The van der Waals surface area contributed by atoms with E-state index in [1.165, 1.54) is 6.20 Å². The van der Waals surface area contributed by atoms with E-state index in [0.717, 1.165) is 11.3 Å². The highest BCUT2D eigenvalue weighted by molar-refractivity contribution is 7.19. The predicted octanol–water partition coefficient (Wildman–Crippen LogP) is 1.65. The van der Waals surface area contributed by atoms with Crippen LogP contribution in [0.15, 0.2) is 6.20 Å². The predicted molar refractivity (Wildman–Crippen MR) is 46.0 cm³/mol. The van der Waals surface area contributed by atoms with Crippen LogP contribution >= 0.6 is 22.9 Å². The Labute approximate surface area is 77.8 Å². The van der Waals surface area contributed by atoms with Crippen molar-refractivity contribution < 1.29 is 4.79 Å². The van der Waals surface area contributed by atoms with Crippen LogP contribution in [0, 0.1) is 11.3 Å². The fraction of sp³-hybridized carbons (Fsp3) is 0.167. The van der Waals surface area contributed by atoms with Crippen LogP contribution in [-0.2, 0) is 4.79 Å². The first kappa shape index (κ1) is 8.97. The smallest absolute Gasteiger partial charge is 0.240 e. The average molecular weight is 202 g/mol. The number of thiazole rings is 1. The maximum Gasteiger partial charge on any atom is 0.240 e. The number of hydrogen-bond acceptors (Lipinski definition) is 4. The summed E-state index contributed by atoms with van der Waals surface area (Å²) in [7, 11) is 0. The van der Waals surface area contributed by atoms with E-state index in [1.54, 1.807) is 6.07 Å². The fourth-order valence-corrected chi connectivity index (χ4v) is 1.38. The first-order valence-electron chi connectivity index (χ1n) is 3.00. The number of amides is 1.